The van der Waals surface area contributed by atoms with Gasteiger partial charge >= 0.3 is 0 Å². The number of hydrogen-bond acceptors (Lipinski definition) is 5. The third-order valence-corrected chi connectivity index (χ3v) is 5.36. The van der Waals surface area contributed by atoms with E-state index in [0.29, 0.717) is 29.7 Å². The van der Waals surface area contributed by atoms with E-state index in [0.717, 1.165) is 30.8 Å². The van der Waals surface area contributed by atoms with E-state index < -0.39 is 0 Å². The highest BCUT2D eigenvalue weighted by Crippen LogP contribution is 2.35. The van der Waals surface area contributed by atoms with E-state index in [9.17, 15) is 9.59 Å². The van der Waals surface area contributed by atoms with E-state index in [-0.39, 0.29) is 24.5 Å². The fraction of sp³-hybridized carbons (Fsp3) is 0.565. The molecule has 0 saturated carbocycles. The average molecular weight is 401 g/mol. The van der Waals surface area contributed by atoms with Crippen LogP contribution in [0.25, 0.3) is 5.57 Å². The van der Waals surface area contributed by atoms with E-state index in [2.05, 4.69) is 18.7 Å². The lowest BCUT2D eigenvalue weighted by molar-refractivity contribution is -0.138. The smallest absolute Gasteiger partial charge is 0.277 e. The molecule has 0 radical (unpaired) electrons. The van der Waals surface area contributed by atoms with E-state index in [1.54, 1.807) is 7.11 Å². The highest BCUT2D eigenvalue weighted by Gasteiger charge is 2.42. The molecule has 1 saturated heterocycles. The molecule has 6 heteroatoms. The predicted molar refractivity (Wildman–Crippen MR) is 112 cm³/mol. The number of carbonyl (C=O) groups excluding carboxylic acids is 2. The molecule has 0 spiro atoms. The fourth-order valence-corrected chi connectivity index (χ4v) is 4.32. The minimum atomic E-state index is -0.245. The monoisotopic (exact) mass is 400 g/mol. The van der Waals surface area contributed by atoms with Crippen LogP contribution >= 0.6 is 0 Å². The van der Waals surface area contributed by atoms with Gasteiger partial charge in [-0.2, -0.15) is 0 Å². The molecule has 3 rings (SSSR count). The number of hydrogen-bond donors (Lipinski definition) is 0. The number of amides is 2. The molecule has 158 valence electrons. The highest BCUT2D eigenvalue weighted by atomic mass is 16.5. The van der Waals surface area contributed by atoms with Crippen molar-refractivity contribution in [2.24, 2.45) is 11.8 Å². The van der Waals surface area contributed by atoms with E-state index >= 15 is 0 Å². The molecule has 2 atom stereocenters. The number of likely N-dealkylation sites (tertiary alicyclic amines) is 1. The maximum absolute atomic E-state index is 13.3. The SMILES string of the molecule is COCCN1C(=O)C(c2ccc(OC(C)C)cc2)=C(N2CC(C)CC(C)C2)C1=O. The van der Waals surface area contributed by atoms with Crippen molar-refractivity contribution in [3.05, 3.63) is 35.5 Å². The van der Waals surface area contributed by atoms with Crippen molar-refractivity contribution in [1.29, 1.82) is 0 Å². The Labute approximate surface area is 173 Å². The lowest BCUT2D eigenvalue weighted by Gasteiger charge is -2.37. The van der Waals surface area contributed by atoms with Gasteiger partial charge in [0.25, 0.3) is 11.8 Å². The maximum Gasteiger partial charge on any atom is 0.277 e. The summed E-state index contributed by atoms with van der Waals surface area (Å²) in [6.45, 7) is 10.5. The van der Waals surface area contributed by atoms with Gasteiger partial charge in [-0.1, -0.05) is 26.0 Å². The largest absolute Gasteiger partial charge is 0.491 e. The van der Waals surface area contributed by atoms with Gasteiger partial charge in [-0.05, 0) is 49.8 Å². The van der Waals surface area contributed by atoms with E-state index in [1.807, 2.05) is 38.1 Å². The van der Waals surface area contributed by atoms with Gasteiger partial charge in [-0.15, -0.1) is 0 Å². The van der Waals surface area contributed by atoms with Crippen molar-refractivity contribution in [3.8, 4) is 5.75 Å². The molecule has 2 unspecified atom stereocenters. The first-order valence-corrected chi connectivity index (χ1v) is 10.4. The Bertz CT molecular complexity index is 775. The van der Waals surface area contributed by atoms with Gasteiger partial charge < -0.3 is 14.4 Å². The summed E-state index contributed by atoms with van der Waals surface area (Å²) in [5, 5.41) is 0. The summed E-state index contributed by atoms with van der Waals surface area (Å²) in [7, 11) is 1.57. The molecule has 1 aromatic carbocycles. The topological polar surface area (TPSA) is 59.1 Å². The lowest BCUT2D eigenvalue weighted by Crippen LogP contribution is -2.42. The van der Waals surface area contributed by atoms with E-state index in [4.69, 9.17) is 9.47 Å². The Kier molecular flexibility index (Phi) is 6.63. The van der Waals surface area contributed by atoms with Crippen LogP contribution in [0.4, 0.5) is 0 Å². The number of imide groups is 1. The first kappa shape index (κ1) is 21.4. The zero-order valence-corrected chi connectivity index (χ0v) is 18.1. The fourth-order valence-electron chi connectivity index (χ4n) is 4.32. The summed E-state index contributed by atoms with van der Waals surface area (Å²) in [5.74, 6) is 1.24. The molecule has 1 aromatic rings. The van der Waals surface area contributed by atoms with Crippen molar-refractivity contribution >= 4 is 17.4 Å². The Morgan fingerprint density at radius 2 is 1.66 bits per heavy atom. The number of ether oxygens (including phenoxy) is 2. The van der Waals surface area contributed by atoms with Crippen LogP contribution in [0, 0.1) is 11.8 Å². The van der Waals surface area contributed by atoms with Crippen LogP contribution in [-0.4, -0.2) is 61.1 Å². The molecule has 0 N–H and O–H groups in total. The first-order chi connectivity index (χ1) is 13.8. The zero-order valence-electron chi connectivity index (χ0n) is 18.1. The van der Waals surface area contributed by atoms with Gasteiger partial charge in [-0.3, -0.25) is 14.5 Å². The van der Waals surface area contributed by atoms with Crippen LogP contribution in [0.15, 0.2) is 30.0 Å². The summed E-state index contributed by atoms with van der Waals surface area (Å²) in [6, 6.07) is 7.46. The van der Waals surface area contributed by atoms with Crippen LogP contribution in [0.1, 0.15) is 39.7 Å². The Morgan fingerprint density at radius 1 is 1.03 bits per heavy atom. The number of nitrogens with zero attached hydrogens (tertiary/aromatic N) is 2. The van der Waals surface area contributed by atoms with Gasteiger partial charge in [0.05, 0.1) is 24.8 Å². The van der Waals surface area contributed by atoms with Gasteiger partial charge in [0.1, 0.15) is 11.4 Å². The second-order valence-corrected chi connectivity index (χ2v) is 8.52. The molecule has 0 aliphatic carbocycles. The Balaban J connectivity index is 2.00. The third kappa shape index (κ3) is 4.64. The molecule has 6 nitrogen and oxygen atoms in total. The lowest BCUT2D eigenvalue weighted by atomic mass is 9.91. The molecular weight excluding hydrogens is 368 g/mol. The van der Waals surface area contributed by atoms with Crippen molar-refractivity contribution in [3.63, 3.8) is 0 Å². The summed E-state index contributed by atoms with van der Waals surface area (Å²) in [4.78, 5) is 29.9. The second kappa shape index (κ2) is 8.99. The molecular formula is C23H32N2O4. The number of methoxy groups -OCH3 is 1. The standard InChI is InChI=1S/C23H32N2O4/c1-15(2)29-19-8-6-18(7-9-19)20-21(24-13-16(3)12-17(4)14-24)23(27)25(22(20)26)10-11-28-5/h6-9,15-17H,10-14H2,1-5H3. The molecule has 2 aliphatic heterocycles. The third-order valence-electron chi connectivity index (χ3n) is 5.36. The summed E-state index contributed by atoms with van der Waals surface area (Å²) in [6.07, 6.45) is 1.21. The molecule has 2 amide bonds. The second-order valence-electron chi connectivity index (χ2n) is 8.52. The van der Waals surface area contributed by atoms with Crippen molar-refractivity contribution in [2.45, 2.75) is 40.2 Å². The van der Waals surface area contributed by atoms with Crippen LogP contribution < -0.4 is 4.74 Å². The predicted octanol–water partition coefficient (Wildman–Crippen LogP) is 3.18. The Hall–Kier alpha value is -2.34. The number of piperidine rings is 1. The minimum absolute atomic E-state index is 0.0752. The number of rotatable bonds is 7. The quantitative estimate of drug-likeness (QED) is 0.658. The molecule has 0 bridgehead atoms. The summed E-state index contributed by atoms with van der Waals surface area (Å²) >= 11 is 0. The molecule has 0 aromatic heterocycles. The van der Waals surface area contributed by atoms with Gasteiger partial charge in [0.15, 0.2) is 0 Å². The highest BCUT2D eigenvalue weighted by molar-refractivity contribution is 6.35. The number of benzene rings is 1. The van der Waals surface area contributed by atoms with Crippen molar-refractivity contribution in [2.75, 3.05) is 33.4 Å². The van der Waals surface area contributed by atoms with Gasteiger partial charge in [0.2, 0.25) is 0 Å². The van der Waals surface area contributed by atoms with Gasteiger partial charge in [-0.25, -0.2) is 0 Å². The Morgan fingerprint density at radius 3 is 2.21 bits per heavy atom. The molecule has 29 heavy (non-hydrogen) atoms. The normalized spacial score (nSPS) is 22.8. The summed E-state index contributed by atoms with van der Waals surface area (Å²) < 4.78 is 10.8. The minimum Gasteiger partial charge on any atom is -0.491 e. The van der Waals surface area contributed by atoms with E-state index in [1.165, 1.54) is 4.90 Å². The first-order valence-electron chi connectivity index (χ1n) is 10.4. The van der Waals surface area contributed by atoms with Crippen LogP contribution in [0.5, 0.6) is 5.75 Å². The van der Waals surface area contributed by atoms with Crippen molar-refractivity contribution in [1.82, 2.24) is 9.80 Å². The van der Waals surface area contributed by atoms with Gasteiger partial charge in [0, 0.05) is 20.2 Å². The molecule has 1 fully saturated rings. The molecule has 2 aliphatic rings. The van der Waals surface area contributed by atoms with Crippen LogP contribution in [0.3, 0.4) is 0 Å². The zero-order chi connectivity index (χ0) is 21.1. The van der Waals surface area contributed by atoms with Crippen LogP contribution in [-0.2, 0) is 14.3 Å². The van der Waals surface area contributed by atoms with Crippen molar-refractivity contribution < 1.29 is 19.1 Å². The average Bonchev–Trinajstić information content (AvgIpc) is 2.89. The number of carbonyl (C=O) groups is 2. The summed E-state index contributed by atoms with van der Waals surface area (Å²) in [5.41, 5.74) is 1.77. The maximum atomic E-state index is 13.3. The van der Waals surface area contributed by atoms with Crippen LogP contribution in [0.2, 0.25) is 0 Å². The molecule has 2 heterocycles.